The molecule has 2 aliphatic heterocycles. The molecule has 1 saturated heterocycles. The molecule has 2 aromatic rings. The lowest BCUT2D eigenvalue weighted by Gasteiger charge is -2.31. The summed E-state index contributed by atoms with van der Waals surface area (Å²) in [6.45, 7) is 4.40. The lowest BCUT2D eigenvalue weighted by atomic mass is 9.94. The maximum atomic E-state index is 12.5. The van der Waals surface area contributed by atoms with Crippen LogP contribution in [-0.4, -0.2) is 45.8 Å². The Morgan fingerprint density at radius 1 is 1.25 bits per heavy atom. The molecule has 0 saturated carbocycles. The number of aliphatic hydroxyl groups excluding tert-OH is 1. The van der Waals surface area contributed by atoms with Crippen LogP contribution >= 0.6 is 0 Å². The van der Waals surface area contributed by atoms with Gasteiger partial charge in [-0.3, -0.25) is 14.8 Å². The first-order valence-electron chi connectivity index (χ1n) is 10.1. The number of piperidine rings is 1. The second-order valence-corrected chi connectivity index (χ2v) is 7.92. The fourth-order valence-electron chi connectivity index (χ4n) is 4.08. The number of ketones is 1. The van der Waals surface area contributed by atoms with Crippen LogP contribution in [-0.2, 0) is 17.8 Å². The normalized spacial score (nSPS) is 17.9. The van der Waals surface area contributed by atoms with Gasteiger partial charge in [-0.05, 0) is 36.0 Å². The molecule has 5 nitrogen and oxygen atoms in total. The minimum absolute atomic E-state index is 0.192. The number of rotatable bonds is 5. The first kappa shape index (κ1) is 18.8. The van der Waals surface area contributed by atoms with E-state index in [9.17, 15) is 9.90 Å². The van der Waals surface area contributed by atoms with E-state index in [0.717, 1.165) is 48.6 Å². The number of hydrogen-bond donors (Lipinski definition) is 1. The summed E-state index contributed by atoms with van der Waals surface area (Å²) in [7, 11) is 0. The van der Waals surface area contributed by atoms with E-state index >= 15 is 0 Å². The Kier molecular flexibility index (Phi) is 5.53. The van der Waals surface area contributed by atoms with E-state index in [1.54, 1.807) is 0 Å². The molecule has 0 radical (unpaired) electrons. The van der Waals surface area contributed by atoms with Crippen molar-refractivity contribution in [3.05, 3.63) is 65.0 Å². The summed E-state index contributed by atoms with van der Waals surface area (Å²) in [6.07, 6.45) is 4.15. The summed E-state index contributed by atoms with van der Waals surface area (Å²) in [4.78, 5) is 24.0. The predicted molar refractivity (Wildman–Crippen MR) is 109 cm³/mol. The quantitative estimate of drug-likeness (QED) is 0.870. The number of hydrogen-bond acceptors (Lipinski definition) is 5. The van der Waals surface area contributed by atoms with Crippen LogP contribution < -0.4 is 0 Å². The molecule has 0 bridgehead atoms. The number of Topliss-reactive ketones (excluding diaryl/α,β-unsaturated/α-hetero) is 1. The number of nitrogens with zero attached hydrogens (tertiary/aromatic N) is 3. The Balaban J connectivity index is 1.38. The van der Waals surface area contributed by atoms with Gasteiger partial charge in [0.25, 0.3) is 0 Å². The maximum absolute atomic E-state index is 12.5. The van der Waals surface area contributed by atoms with Crippen LogP contribution in [0.3, 0.4) is 0 Å². The van der Waals surface area contributed by atoms with Gasteiger partial charge in [-0.15, -0.1) is 0 Å². The maximum Gasteiger partial charge on any atom is 0.139 e. The van der Waals surface area contributed by atoms with Crippen molar-refractivity contribution < 1.29 is 9.90 Å². The Morgan fingerprint density at radius 2 is 2.00 bits per heavy atom. The molecule has 0 amide bonds. The van der Waals surface area contributed by atoms with Crippen LogP contribution in [0.2, 0.25) is 0 Å². The standard InChI is InChI=1S/C23H27N3O2/c1-16(17-5-3-2-4-6-17)11-21(28)13-19-12-18-14-25-23(22(18)15-24-19)26-9-7-20(27)8-10-26/h2-6,12,15-16,20,27H,7-11,13-14H2,1H3/t16-/m0/s1. The number of amidine groups is 1. The van der Waals surface area contributed by atoms with Crippen molar-refractivity contribution in [3.63, 3.8) is 0 Å². The van der Waals surface area contributed by atoms with Crippen molar-refractivity contribution in [2.75, 3.05) is 13.1 Å². The number of likely N-dealkylation sites (tertiary alicyclic amines) is 1. The molecule has 0 spiro atoms. The van der Waals surface area contributed by atoms with Gasteiger partial charge in [0.2, 0.25) is 0 Å². The topological polar surface area (TPSA) is 65.8 Å². The molecular formula is C23H27N3O2. The van der Waals surface area contributed by atoms with Gasteiger partial charge < -0.3 is 10.0 Å². The minimum Gasteiger partial charge on any atom is -0.393 e. The van der Waals surface area contributed by atoms with Crippen molar-refractivity contribution in [3.8, 4) is 0 Å². The first-order chi connectivity index (χ1) is 13.6. The van der Waals surface area contributed by atoms with Gasteiger partial charge in [-0.1, -0.05) is 37.3 Å². The molecule has 1 fully saturated rings. The van der Waals surface area contributed by atoms with E-state index in [0.29, 0.717) is 19.4 Å². The molecule has 0 aliphatic carbocycles. The van der Waals surface area contributed by atoms with Crippen molar-refractivity contribution in [1.29, 1.82) is 0 Å². The summed E-state index contributed by atoms with van der Waals surface area (Å²) in [6, 6.07) is 12.2. The highest BCUT2D eigenvalue weighted by Gasteiger charge is 2.26. The molecule has 1 atom stereocenters. The van der Waals surface area contributed by atoms with E-state index in [1.165, 1.54) is 5.56 Å². The Bertz CT molecular complexity index is 871. The molecule has 2 aliphatic rings. The van der Waals surface area contributed by atoms with Gasteiger partial charge in [0.15, 0.2) is 0 Å². The summed E-state index contributed by atoms with van der Waals surface area (Å²) < 4.78 is 0. The van der Waals surface area contributed by atoms with Gasteiger partial charge in [0, 0.05) is 43.4 Å². The third-order valence-corrected chi connectivity index (χ3v) is 5.73. The average molecular weight is 377 g/mol. The smallest absolute Gasteiger partial charge is 0.139 e. The van der Waals surface area contributed by atoms with Crippen molar-refractivity contribution >= 4 is 11.6 Å². The van der Waals surface area contributed by atoms with Crippen LogP contribution in [0, 0.1) is 0 Å². The Hall–Kier alpha value is -2.53. The Labute approximate surface area is 166 Å². The molecule has 146 valence electrons. The molecule has 1 aromatic heterocycles. The van der Waals surface area contributed by atoms with E-state index in [4.69, 9.17) is 4.99 Å². The van der Waals surface area contributed by atoms with Gasteiger partial charge in [0.1, 0.15) is 11.6 Å². The molecule has 1 aromatic carbocycles. The first-order valence-corrected chi connectivity index (χ1v) is 10.1. The van der Waals surface area contributed by atoms with Crippen LogP contribution in [0.25, 0.3) is 0 Å². The molecule has 0 unspecified atom stereocenters. The summed E-state index contributed by atoms with van der Waals surface area (Å²) >= 11 is 0. The molecule has 28 heavy (non-hydrogen) atoms. The number of benzene rings is 1. The predicted octanol–water partition coefficient (Wildman–Crippen LogP) is 3.10. The van der Waals surface area contributed by atoms with Crippen molar-refractivity contribution in [2.24, 2.45) is 4.99 Å². The number of aliphatic hydroxyl groups is 1. The monoisotopic (exact) mass is 377 g/mol. The van der Waals surface area contributed by atoms with Crippen LogP contribution in [0.1, 0.15) is 54.5 Å². The number of carbonyl (C=O) groups is 1. The molecule has 3 heterocycles. The van der Waals surface area contributed by atoms with Gasteiger partial charge in [-0.2, -0.15) is 0 Å². The lowest BCUT2D eigenvalue weighted by Crippen LogP contribution is -2.40. The van der Waals surface area contributed by atoms with E-state index in [-0.39, 0.29) is 17.8 Å². The Morgan fingerprint density at radius 3 is 2.75 bits per heavy atom. The van der Waals surface area contributed by atoms with Crippen LogP contribution in [0.5, 0.6) is 0 Å². The molecule has 4 rings (SSSR count). The number of carbonyl (C=O) groups excluding carboxylic acids is 1. The number of pyridine rings is 1. The largest absolute Gasteiger partial charge is 0.393 e. The summed E-state index contributed by atoms with van der Waals surface area (Å²) in [5, 5.41) is 9.71. The second-order valence-electron chi connectivity index (χ2n) is 7.92. The van der Waals surface area contributed by atoms with E-state index < -0.39 is 0 Å². The van der Waals surface area contributed by atoms with Crippen molar-refractivity contribution in [1.82, 2.24) is 9.88 Å². The van der Waals surface area contributed by atoms with Crippen molar-refractivity contribution in [2.45, 2.75) is 51.2 Å². The fourth-order valence-corrected chi connectivity index (χ4v) is 4.08. The average Bonchev–Trinajstić information content (AvgIpc) is 3.12. The zero-order chi connectivity index (χ0) is 19.5. The highest BCUT2D eigenvalue weighted by molar-refractivity contribution is 6.01. The highest BCUT2D eigenvalue weighted by Crippen LogP contribution is 2.24. The molecule has 1 N–H and O–H groups in total. The van der Waals surface area contributed by atoms with Gasteiger partial charge >= 0.3 is 0 Å². The summed E-state index contributed by atoms with van der Waals surface area (Å²) in [5.41, 5.74) is 4.25. The zero-order valence-corrected chi connectivity index (χ0v) is 16.3. The third-order valence-electron chi connectivity index (χ3n) is 5.73. The third kappa shape index (κ3) is 4.14. The van der Waals surface area contributed by atoms with Gasteiger partial charge in [-0.25, -0.2) is 0 Å². The molecule has 5 heteroatoms. The van der Waals surface area contributed by atoms with Gasteiger partial charge in [0.05, 0.1) is 12.6 Å². The number of aliphatic imine (C=N–C) groups is 1. The van der Waals surface area contributed by atoms with Crippen LogP contribution in [0.4, 0.5) is 0 Å². The minimum atomic E-state index is -0.192. The summed E-state index contributed by atoms with van der Waals surface area (Å²) in [5.74, 6) is 1.42. The number of aromatic nitrogens is 1. The second kappa shape index (κ2) is 8.23. The van der Waals surface area contributed by atoms with E-state index in [2.05, 4.69) is 28.9 Å². The SMILES string of the molecule is C[C@@H](CC(=O)Cc1cc2c(cn1)C(N1CCC(O)CC1)=NC2)c1ccccc1. The number of fused-ring (bicyclic) bond motifs is 1. The highest BCUT2D eigenvalue weighted by atomic mass is 16.3. The van der Waals surface area contributed by atoms with Crippen LogP contribution in [0.15, 0.2) is 47.6 Å². The zero-order valence-electron chi connectivity index (χ0n) is 16.3. The lowest BCUT2D eigenvalue weighted by molar-refractivity contribution is -0.118. The van der Waals surface area contributed by atoms with E-state index in [1.807, 2.05) is 30.5 Å². The fraction of sp³-hybridized carbons (Fsp3) is 0.435. The molecular weight excluding hydrogens is 350 g/mol.